The summed E-state index contributed by atoms with van der Waals surface area (Å²) in [7, 11) is 0. The highest BCUT2D eigenvalue weighted by molar-refractivity contribution is 5.73. The lowest BCUT2D eigenvalue weighted by Crippen LogP contribution is -1.94. The summed E-state index contributed by atoms with van der Waals surface area (Å²) >= 11 is 0. The number of H-pyrrole nitrogens is 1. The average molecular weight is 175 g/mol. The molecule has 0 aliphatic heterocycles. The summed E-state index contributed by atoms with van der Waals surface area (Å²) in [5.74, 6) is 0.941. The Morgan fingerprint density at radius 1 is 1.46 bits per heavy atom. The van der Waals surface area contributed by atoms with Crippen LogP contribution in [0.5, 0.6) is 0 Å². The van der Waals surface area contributed by atoms with E-state index in [2.05, 4.69) is 21.9 Å². The van der Waals surface area contributed by atoms with Crippen LogP contribution >= 0.6 is 0 Å². The number of nitrogens with one attached hydrogen (secondary N) is 1. The quantitative estimate of drug-likeness (QED) is 0.777. The molecule has 3 nitrogen and oxygen atoms in total. The van der Waals surface area contributed by atoms with Gasteiger partial charge in [-0.3, -0.25) is 0 Å². The molecule has 0 amide bonds. The van der Waals surface area contributed by atoms with Crippen LogP contribution in [-0.4, -0.2) is 15.0 Å². The van der Waals surface area contributed by atoms with E-state index >= 15 is 0 Å². The van der Waals surface area contributed by atoms with Crippen LogP contribution in [0.15, 0.2) is 18.5 Å². The topological polar surface area (TPSA) is 41.6 Å². The third-order valence-electron chi connectivity index (χ3n) is 2.10. The minimum atomic E-state index is 0.941. The van der Waals surface area contributed by atoms with Crippen molar-refractivity contribution in [2.75, 3.05) is 0 Å². The van der Waals surface area contributed by atoms with Crippen LogP contribution in [0.25, 0.3) is 11.0 Å². The third kappa shape index (κ3) is 1.69. The van der Waals surface area contributed by atoms with E-state index in [1.807, 2.05) is 18.5 Å². The van der Waals surface area contributed by atoms with Crippen LogP contribution in [-0.2, 0) is 6.42 Å². The van der Waals surface area contributed by atoms with Crippen LogP contribution in [0.2, 0.25) is 0 Å². The third-order valence-corrected chi connectivity index (χ3v) is 2.10. The van der Waals surface area contributed by atoms with Crippen molar-refractivity contribution in [1.29, 1.82) is 0 Å². The van der Waals surface area contributed by atoms with Gasteiger partial charge in [0.05, 0.1) is 0 Å². The standard InChI is InChI=1S/C10H13N3/c1-2-3-4-9-12-7-8-5-6-11-10(8)13-9/h5-7H,2-4H2,1H3,(H,11,12,13). The Balaban J connectivity index is 2.26. The smallest absolute Gasteiger partial charge is 0.140 e. The highest BCUT2D eigenvalue weighted by atomic mass is 14.9. The van der Waals surface area contributed by atoms with Crippen molar-refractivity contribution < 1.29 is 0 Å². The van der Waals surface area contributed by atoms with Gasteiger partial charge in [-0.05, 0) is 12.5 Å². The molecular weight excluding hydrogens is 162 g/mol. The first-order valence-corrected chi connectivity index (χ1v) is 4.69. The summed E-state index contributed by atoms with van der Waals surface area (Å²) in [5.41, 5.74) is 0.945. The van der Waals surface area contributed by atoms with E-state index in [1.54, 1.807) is 0 Å². The number of hydrogen-bond acceptors (Lipinski definition) is 2. The molecule has 0 spiro atoms. The summed E-state index contributed by atoms with van der Waals surface area (Å²) in [5, 5.41) is 1.08. The SMILES string of the molecule is CCCCc1ncc2cc[nH]c2n1. The molecule has 0 unspecified atom stereocenters. The predicted molar refractivity (Wildman–Crippen MR) is 52.5 cm³/mol. The summed E-state index contributed by atoms with van der Waals surface area (Å²) in [6, 6.07) is 1.99. The molecule has 0 saturated carbocycles. The van der Waals surface area contributed by atoms with E-state index in [0.717, 1.165) is 29.7 Å². The molecule has 13 heavy (non-hydrogen) atoms. The van der Waals surface area contributed by atoms with E-state index in [4.69, 9.17) is 0 Å². The van der Waals surface area contributed by atoms with Crippen molar-refractivity contribution in [1.82, 2.24) is 15.0 Å². The number of aryl methyl sites for hydroxylation is 1. The number of nitrogens with zero attached hydrogens (tertiary/aromatic N) is 2. The highest BCUT2D eigenvalue weighted by Gasteiger charge is 1.99. The predicted octanol–water partition coefficient (Wildman–Crippen LogP) is 2.30. The van der Waals surface area contributed by atoms with Gasteiger partial charge in [-0.15, -0.1) is 0 Å². The van der Waals surface area contributed by atoms with Gasteiger partial charge in [-0.1, -0.05) is 13.3 Å². The van der Waals surface area contributed by atoms with Gasteiger partial charge in [0.1, 0.15) is 11.5 Å². The fraction of sp³-hybridized carbons (Fsp3) is 0.400. The minimum Gasteiger partial charge on any atom is -0.346 e. The molecule has 0 aromatic carbocycles. The molecule has 0 aliphatic rings. The summed E-state index contributed by atoms with van der Waals surface area (Å²) < 4.78 is 0. The lowest BCUT2D eigenvalue weighted by atomic mass is 10.2. The van der Waals surface area contributed by atoms with E-state index < -0.39 is 0 Å². The Bertz CT molecular complexity index is 392. The van der Waals surface area contributed by atoms with Crippen molar-refractivity contribution in [3.05, 3.63) is 24.3 Å². The fourth-order valence-electron chi connectivity index (χ4n) is 1.33. The average Bonchev–Trinajstić information content (AvgIpc) is 2.61. The number of hydrogen-bond donors (Lipinski definition) is 1. The number of rotatable bonds is 3. The molecule has 0 fully saturated rings. The van der Waals surface area contributed by atoms with E-state index in [0.29, 0.717) is 0 Å². The van der Waals surface area contributed by atoms with Crippen LogP contribution in [0.3, 0.4) is 0 Å². The first kappa shape index (κ1) is 8.23. The second-order valence-corrected chi connectivity index (χ2v) is 3.17. The first-order valence-electron chi connectivity index (χ1n) is 4.69. The zero-order valence-corrected chi connectivity index (χ0v) is 7.75. The Labute approximate surface area is 77.2 Å². The van der Waals surface area contributed by atoms with E-state index in [-0.39, 0.29) is 0 Å². The maximum Gasteiger partial charge on any atom is 0.140 e. The highest BCUT2D eigenvalue weighted by Crippen LogP contribution is 2.08. The van der Waals surface area contributed by atoms with Crippen LogP contribution in [0, 0.1) is 0 Å². The van der Waals surface area contributed by atoms with Crippen LogP contribution in [0.4, 0.5) is 0 Å². The van der Waals surface area contributed by atoms with E-state index in [9.17, 15) is 0 Å². The van der Waals surface area contributed by atoms with Crippen molar-refractivity contribution in [2.24, 2.45) is 0 Å². The van der Waals surface area contributed by atoms with Crippen molar-refractivity contribution in [3.8, 4) is 0 Å². The largest absolute Gasteiger partial charge is 0.346 e. The molecule has 0 bridgehead atoms. The Kier molecular flexibility index (Phi) is 2.25. The molecule has 68 valence electrons. The van der Waals surface area contributed by atoms with Gasteiger partial charge in [0, 0.05) is 24.2 Å². The first-order chi connectivity index (χ1) is 6.40. The molecular formula is C10H13N3. The number of unbranched alkanes of at least 4 members (excludes halogenated alkanes) is 1. The maximum atomic E-state index is 4.41. The summed E-state index contributed by atoms with van der Waals surface area (Å²) in [6.45, 7) is 2.17. The zero-order valence-electron chi connectivity index (χ0n) is 7.75. The second-order valence-electron chi connectivity index (χ2n) is 3.17. The van der Waals surface area contributed by atoms with Crippen LogP contribution in [0.1, 0.15) is 25.6 Å². The molecule has 2 aromatic heterocycles. The number of fused-ring (bicyclic) bond motifs is 1. The summed E-state index contributed by atoms with van der Waals surface area (Å²) in [6.07, 6.45) is 7.09. The normalized spacial score (nSPS) is 10.8. The second kappa shape index (κ2) is 3.56. The number of aromatic nitrogens is 3. The molecule has 0 atom stereocenters. The number of aromatic amines is 1. The Morgan fingerprint density at radius 2 is 2.38 bits per heavy atom. The van der Waals surface area contributed by atoms with Crippen LogP contribution < -0.4 is 0 Å². The maximum absolute atomic E-state index is 4.41. The Hall–Kier alpha value is -1.38. The van der Waals surface area contributed by atoms with Gasteiger partial charge in [0.15, 0.2) is 0 Å². The fourth-order valence-corrected chi connectivity index (χ4v) is 1.33. The van der Waals surface area contributed by atoms with Crippen molar-refractivity contribution >= 4 is 11.0 Å². The van der Waals surface area contributed by atoms with Gasteiger partial charge in [0.2, 0.25) is 0 Å². The molecule has 0 saturated heterocycles. The van der Waals surface area contributed by atoms with E-state index in [1.165, 1.54) is 6.42 Å². The van der Waals surface area contributed by atoms with Gasteiger partial charge < -0.3 is 4.98 Å². The molecule has 0 aliphatic carbocycles. The molecule has 0 radical (unpaired) electrons. The molecule has 1 N–H and O–H groups in total. The molecule has 3 heteroatoms. The summed E-state index contributed by atoms with van der Waals surface area (Å²) in [4.78, 5) is 11.8. The monoisotopic (exact) mass is 175 g/mol. The molecule has 2 rings (SSSR count). The van der Waals surface area contributed by atoms with Crippen molar-refractivity contribution in [3.63, 3.8) is 0 Å². The van der Waals surface area contributed by atoms with Gasteiger partial charge in [-0.25, -0.2) is 9.97 Å². The molecule has 2 aromatic rings. The minimum absolute atomic E-state index is 0.941. The van der Waals surface area contributed by atoms with Gasteiger partial charge in [0.25, 0.3) is 0 Å². The lowest BCUT2D eigenvalue weighted by molar-refractivity contribution is 0.756. The van der Waals surface area contributed by atoms with Crippen molar-refractivity contribution in [2.45, 2.75) is 26.2 Å². The van der Waals surface area contributed by atoms with Gasteiger partial charge in [-0.2, -0.15) is 0 Å². The zero-order chi connectivity index (χ0) is 9.10. The molecule has 2 heterocycles. The lowest BCUT2D eigenvalue weighted by Gasteiger charge is -1.97. The van der Waals surface area contributed by atoms with Gasteiger partial charge >= 0.3 is 0 Å². The Morgan fingerprint density at radius 3 is 3.23 bits per heavy atom.